The number of amides is 2. The number of aryl methyl sites for hydroxylation is 1. The topological polar surface area (TPSA) is 131 Å². The Morgan fingerprint density at radius 2 is 1.94 bits per heavy atom. The molecule has 12 heteroatoms. The molecule has 0 saturated carbocycles. The van der Waals surface area contributed by atoms with Crippen LogP contribution in [0.4, 0.5) is 5.69 Å². The van der Waals surface area contributed by atoms with Crippen molar-refractivity contribution in [2.45, 2.75) is 11.8 Å². The minimum atomic E-state index is -3.73. The molecule has 172 valence electrons. The molecule has 1 fully saturated rings. The second-order valence-electron chi connectivity index (χ2n) is 6.87. The molecule has 32 heavy (non-hydrogen) atoms. The number of nitrogens with zero attached hydrogens (tertiary/aromatic N) is 1. The summed E-state index contributed by atoms with van der Waals surface area (Å²) in [6, 6.07) is 7.86. The highest BCUT2D eigenvalue weighted by Crippen LogP contribution is 2.24. The molecular formula is C20H23N3O7S2. The Labute approximate surface area is 189 Å². The van der Waals surface area contributed by atoms with Crippen LogP contribution in [-0.4, -0.2) is 70.0 Å². The summed E-state index contributed by atoms with van der Waals surface area (Å²) in [6.45, 7) is 1.89. The zero-order valence-electron chi connectivity index (χ0n) is 17.3. The lowest BCUT2D eigenvalue weighted by molar-refractivity contribution is -0.146. The normalized spacial score (nSPS) is 14.5. The maximum absolute atomic E-state index is 12.9. The van der Waals surface area contributed by atoms with E-state index < -0.39 is 34.4 Å². The van der Waals surface area contributed by atoms with E-state index in [1.54, 1.807) is 36.6 Å². The summed E-state index contributed by atoms with van der Waals surface area (Å²) < 4.78 is 37.3. The second-order valence-corrected chi connectivity index (χ2v) is 9.72. The van der Waals surface area contributed by atoms with Crippen LogP contribution in [0.2, 0.25) is 0 Å². The first kappa shape index (κ1) is 23.9. The van der Waals surface area contributed by atoms with Crippen molar-refractivity contribution in [2.24, 2.45) is 0 Å². The van der Waals surface area contributed by atoms with E-state index in [2.05, 4.69) is 10.6 Å². The number of sulfonamides is 1. The van der Waals surface area contributed by atoms with E-state index in [4.69, 9.17) is 9.47 Å². The molecular weight excluding hydrogens is 458 g/mol. The van der Waals surface area contributed by atoms with Crippen LogP contribution in [0.15, 0.2) is 40.6 Å². The van der Waals surface area contributed by atoms with Crippen molar-refractivity contribution in [3.63, 3.8) is 0 Å². The Kier molecular flexibility index (Phi) is 7.96. The van der Waals surface area contributed by atoms with Gasteiger partial charge >= 0.3 is 5.97 Å². The number of thiophene rings is 1. The van der Waals surface area contributed by atoms with Gasteiger partial charge in [-0.15, -0.1) is 11.3 Å². The number of benzene rings is 1. The zero-order valence-corrected chi connectivity index (χ0v) is 19.0. The van der Waals surface area contributed by atoms with E-state index in [1.165, 1.54) is 21.7 Å². The molecule has 0 aliphatic carbocycles. The fourth-order valence-electron chi connectivity index (χ4n) is 2.92. The number of morpholine rings is 1. The number of hydrogen-bond acceptors (Lipinski definition) is 8. The third-order valence-corrected chi connectivity index (χ3v) is 7.47. The molecule has 0 unspecified atom stereocenters. The highest BCUT2D eigenvalue weighted by atomic mass is 32.2. The summed E-state index contributed by atoms with van der Waals surface area (Å²) in [5.74, 6) is -1.82. The average Bonchev–Trinajstić information content (AvgIpc) is 3.33. The summed E-state index contributed by atoms with van der Waals surface area (Å²) in [4.78, 5) is 36.3. The number of nitrogens with one attached hydrogen (secondary N) is 2. The Balaban J connectivity index is 1.53. The van der Waals surface area contributed by atoms with Crippen LogP contribution in [0.1, 0.15) is 15.2 Å². The quantitative estimate of drug-likeness (QED) is 0.538. The van der Waals surface area contributed by atoms with E-state index in [0.29, 0.717) is 23.7 Å². The predicted molar refractivity (Wildman–Crippen MR) is 117 cm³/mol. The maximum atomic E-state index is 12.9. The zero-order chi connectivity index (χ0) is 23.1. The summed E-state index contributed by atoms with van der Waals surface area (Å²) in [5, 5.41) is 6.66. The minimum absolute atomic E-state index is 0.0884. The first-order valence-corrected chi connectivity index (χ1v) is 12.0. The fraction of sp³-hybridized carbons (Fsp3) is 0.350. The lowest BCUT2D eigenvalue weighted by Crippen LogP contribution is -2.40. The van der Waals surface area contributed by atoms with Gasteiger partial charge in [-0.1, -0.05) is 12.1 Å². The highest BCUT2D eigenvalue weighted by molar-refractivity contribution is 7.89. The Morgan fingerprint density at radius 3 is 2.62 bits per heavy atom. The van der Waals surface area contributed by atoms with Crippen molar-refractivity contribution < 1.29 is 32.3 Å². The van der Waals surface area contributed by atoms with Crippen LogP contribution >= 0.6 is 11.3 Å². The van der Waals surface area contributed by atoms with Crippen LogP contribution in [0, 0.1) is 6.92 Å². The average molecular weight is 482 g/mol. The van der Waals surface area contributed by atoms with Gasteiger partial charge in [0.15, 0.2) is 6.61 Å². The van der Waals surface area contributed by atoms with Crippen LogP contribution < -0.4 is 10.6 Å². The molecule has 10 nitrogen and oxygen atoms in total. The number of carbonyl (C=O) groups excluding carboxylic acids is 3. The third kappa shape index (κ3) is 6.13. The van der Waals surface area contributed by atoms with Gasteiger partial charge in [-0.3, -0.25) is 14.4 Å². The largest absolute Gasteiger partial charge is 0.454 e. The van der Waals surface area contributed by atoms with Gasteiger partial charge in [0.2, 0.25) is 10.0 Å². The van der Waals surface area contributed by atoms with Gasteiger partial charge in [0.05, 0.1) is 23.0 Å². The smallest absolute Gasteiger partial charge is 0.325 e. The number of anilines is 1. The molecule has 1 aliphatic heterocycles. The molecule has 2 aromatic rings. The van der Waals surface area contributed by atoms with Gasteiger partial charge in [-0.05, 0) is 36.1 Å². The van der Waals surface area contributed by atoms with E-state index in [0.717, 1.165) is 0 Å². The molecule has 0 atom stereocenters. The van der Waals surface area contributed by atoms with Gasteiger partial charge in [-0.2, -0.15) is 4.31 Å². The molecule has 1 aliphatic rings. The minimum Gasteiger partial charge on any atom is -0.454 e. The third-order valence-electron chi connectivity index (χ3n) is 4.56. The van der Waals surface area contributed by atoms with Gasteiger partial charge in [-0.25, -0.2) is 8.42 Å². The van der Waals surface area contributed by atoms with Gasteiger partial charge in [0.25, 0.3) is 11.8 Å². The molecule has 0 bridgehead atoms. The number of rotatable bonds is 8. The van der Waals surface area contributed by atoms with Crippen molar-refractivity contribution in [1.29, 1.82) is 0 Å². The maximum Gasteiger partial charge on any atom is 0.325 e. The Hall–Kier alpha value is -2.80. The van der Waals surface area contributed by atoms with Crippen molar-refractivity contribution in [3.8, 4) is 0 Å². The van der Waals surface area contributed by atoms with E-state index in [-0.39, 0.29) is 30.2 Å². The van der Waals surface area contributed by atoms with Crippen LogP contribution in [0.25, 0.3) is 0 Å². The molecule has 0 radical (unpaired) electrons. The number of ether oxygens (including phenoxy) is 2. The molecule has 1 aromatic heterocycles. The van der Waals surface area contributed by atoms with Gasteiger partial charge in [0, 0.05) is 18.8 Å². The SMILES string of the molecule is Cc1ccc(NC(=O)COC(=O)CNC(=O)c2cccs2)cc1S(=O)(=O)N1CCOCC1. The van der Waals surface area contributed by atoms with E-state index >= 15 is 0 Å². The monoisotopic (exact) mass is 481 g/mol. The lowest BCUT2D eigenvalue weighted by atomic mass is 10.2. The molecule has 2 heterocycles. The molecule has 1 aromatic carbocycles. The molecule has 2 amide bonds. The molecule has 3 rings (SSSR count). The van der Waals surface area contributed by atoms with Gasteiger partial charge in [0.1, 0.15) is 6.54 Å². The first-order chi connectivity index (χ1) is 15.3. The lowest BCUT2D eigenvalue weighted by Gasteiger charge is -2.26. The predicted octanol–water partition coefficient (Wildman–Crippen LogP) is 0.989. The summed E-state index contributed by atoms with van der Waals surface area (Å²) in [6.07, 6.45) is 0. The Morgan fingerprint density at radius 1 is 1.19 bits per heavy atom. The standard InChI is InChI=1S/C20H23N3O7S2/c1-14-4-5-15(11-17(14)32(27,28)23-6-8-29-9-7-23)22-18(24)13-30-19(25)12-21-20(26)16-3-2-10-31-16/h2-5,10-11H,6-9,12-13H2,1H3,(H,21,26)(H,22,24). The van der Waals surface area contributed by atoms with Crippen LogP contribution in [0.3, 0.4) is 0 Å². The van der Waals surface area contributed by atoms with Crippen molar-refractivity contribution in [1.82, 2.24) is 9.62 Å². The first-order valence-electron chi connectivity index (χ1n) is 9.73. The van der Waals surface area contributed by atoms with Crippen molar-refractivity contribution >= 4 is 44.8 Å². The van der Waals surface area contributed by atoms with E-state index in [9.17, 15) is 22.8 Å². The fourth-order valence-corrected chi connectivity index (χ4v) is 5.22. The van der Waals surface area contributed by atoms with E-state index in [1.807, 2.05) is 0 Å². The summed E-state index contributed by atoms with van der Waals surface area (Å²) in [5.41, 5.74) is 0.803. The van der Waals surface area contributed by atoms with Crippen molar-refractivity contribution in [3.05, 3.63) is 46.2 Å². The highest BCUT2D eigenvalue weighted by Gasteiger charge is 2.28. The summed E-state index contributed by atoms with van der Waals surface area (Å²) >= 11 is 1.23. The van der Waals surface area contributed by atoms with Gasteiger partial charge < -0.3 is 20.1 Å². The summed E-state index contributed by atoms with van der Waals surface area (Å²) in [7, 11) is -3.73. The van der Waals surface area contributed by atoms with Crippen molar-refractivity contribution in [2.75, 3.05) is 44.8 Å². The number of carbonyl (C=O) groups is 3. The molecule has 1 saturated heterocycles. The molecule has 2 N–H and O–H groups in total. The van der Waals surface area contributed by atoms with Crippen LogP contribution in [-0.2, 0) is 29.1 Å². The number of esters is 1. The molecule has 0 spiro atoms. The number of hydrogen-bond donors (Lipinski definition) is 2. The second kappa shape index (κ2) is 10.7. The Bertz CT molecular complexity index is 1080. The van der Waals surface area contributed by atoms with Crippen LogP contribution in [0.5, 0.6) is 0 Å².